The molecule has 3 aromatic rings. The van der Waals surface area contributed by atoms with Gasteiger partial charge in [-0.05, 0) is 49.1 Å². The maximum Gasteiger partial charge on any atom is 0.230 e. The Kier molecular flexibility index (Phi) is 5.20. The Morgan fingerprint density at radius 2 is 2.04 bits per heavy atom. The van der Waals surface area contributed by atoms with Crippen LogP contribution in [0.4, 0.5) is 0 Å². The van der Waals surface area contributed by atoms with Crippen LogP contribution in [0.25, 0.3) is 17.1 Å². The SMILES string of the molecule is CCc1ccc(-n2c(SCC(=O)NC3CC3)nnc2-c2cccnc2)cc1. The van der Waals surface area contributed by atoms with E-state index >= 15 is 0 Å². The fraction of sp³-hybridized carbons (Fsp3) is 0.300. The number of rotatable bonds is 7. The predicted molar refractivity (Wildman–Crippen MR) is 106 cm³/mol. The van der Waals surface area contributed by atoms with Crippen molar-refractivity contribution in [2.45, 2.75) is 37.4 Å². The molecule has 1 saturated carbocycles. The highest BCUT2D eigenvalue weighted by atomic mass is 32.2. The quantitative estimate of drug-likeness (QED) is 0.638. The van der Waals surface area contributed by atoms with Crippen molar-refractivity contribution in [1.29, 1.82) is 0 Å². The van der Waals surface area contributed by atoms with Crippen LogP contribution in [-0.2, 0) is 11.2 Å². The lowest BCUT2D eigenvalue weighted by Gasteiger charge is -2.11. The molecule has 1 aliphatic rings. The van der Waals surface area contributed by atoms with E-state index in [1.54, 1.807) is 12.4 Å². The first-order valence-corrected chi connectivity index (χ1v) is 10.1. The van der Waals surface area contributed by atoms with Crippen LogP contribution in [0.1, 0.15) is 25.3 Å². The molecule has 2 aromatic heterocycles. The molecule has 0 aliphatic heterocycles. The molecular formula is C20H21N5OS. The summed E-state index contributed by atoms with van der Waals surface area (Å²) in [5.41, 5.74) is 3.13. The Morgan fingerprint density at radius 3 is 2.70 bits per heavy atom. The molecule has 0 bridgehead atoms. The van der Waals surface area contributed by atoms with E-state index in [9.17, 15) is 4.79 Å². The van der Waals surface area contributed by atoms with Gasteiger partial charge in [-0.3, -0.25) is 14.3 Å². The van der Waals surface area contributed by atoms with Gasteiger partial charge in [0.25, 0.3) is 0 Å². The molecule has 0 atom stereocenters. The van der Waals surface area contributed by atoms with Crippen LogP contribution in [0.2, 0.25) is 0 Å². The number of carbonyl (C=O) groups is 1. The molecule has 2 heterocycles. The Bertz CT molecular complexity index is 919. The molecule has 4 rings (SSSR count). The Balaban J connectivity index is 1.65. The predicted octanol–water partition coefficient (Wildman–Crippen LogP) is 3.26. The van der Waals surface area contributed by atoms with Gasteiger partial charge < -0.3 is 5.32 Å². The van der Waals surface area contributed by atoms with Gasteiger partial charge in [0.15, 0.2) is 11.0 Å². The number of benzene rings is 1. The van der Waals surface area contributed by atoms with Gasteiger partial charge in [0.05, 0.1) is 5.75 Å². The van der Waals surface area contributed by atoms with Crippen molar-refractivity contribution in [3.05, 3.63) is 54.4 Å². The molecule has 6 nitrogen and oxygen atoms in total. The molecule has 1 aromatic carbocycles. The van der Waals surface area contributed by atoms with Crippen molar-refractivity contribution in [3.8, 4) is 17.1 Å². The van der Waals surface area contributed by atoms with Crippen LogP contribution < -0.4 is 5.32 Å². The third-order valence-corrected chi connectivity index (χ3v) is 5.36. The third kappa shape index (κ3) is 4.19. The summed E-state index contributed by atoms with van der Waals surface area (Å²) in [4.78, 5) is 16.3. The van der Waals surface area contributed by atoms with Crippen LogP contribution >= 0.6 is 11.8 Å². The summed E-state index contributed by atoms with van der Waals surface area (Å²) in [6.07, 6.45) is 6.66. The zero-order valence-corrected chi connectivity index (χ0v) is 15.9. The highest BCUT2D eigenvalue weighted by Gasteiger charge is 2.24. The van der Waals surface area contributed by atoms with E-state index in [2.05, 4.69) is 51.7 Å². The van der Waals surface area contributed by atoms with E-state index in [1.165, 1.54) is 17.3 Å². The summed E-state index contributed by atoms with van der Waals surface area (Å²) in [7, 11) is 0. The smallest absolute Gasteiger partial charge is 0.230 e. The number of hydrogen-bond donors (Lipinski definition) is 1. The lowest BCUT2D eigenvalue weighted by molar-refractivity contribution is -0.118. The standard InChI is InChI=1S/C20H21N5OS/c1-2-14-5-9-17(10-6-14)25-19(15-4-3-11-21-12-15)23-24-20(25)27-13-18(26)22-16-7-8-16/h3-6,9-12,16H,2,7-8,13H2,1H3,(H,22,26). The van der Waals surface area contributed by atoms with Gasteiger partial charge in [0.1, 0.15) is 0 Å². The number of amides is 1. The number of aromatic nitrogens is 4. The Morgan fingerprint density at radius 1 is 1.22 bits per heavy atom. The van der Waals surface area contributed by atoms with Crippen LogP contribution in [0, 0.1) is 0 Å². The lowest BCUT2D eigenvalue weighted by atomic mass is 10.1. The number of nitrogens with one attached hydrogen (secondary N) is 1. The fourth-order valence-electron chi connectivity index (χ4n) is 2.79. The van der Waals surface area contributed by atoms with Crippen LogP contribution in [0.15, 0.2) is 53.9 Å². The first-order chi connectivity index (χ1) is 13.2. The van der Waals surface area contributed by atoms with Gasteiger partial charge in [-0.25, -0.2) is 0 Å². The van der Waals surface area contributed by atoms with Crippen molar-refractivity contribution in [3.63, 3.8) is 0 Å². The largest absolute Gasteiger partial charge is 0.353 e. The number of thioether (sulfide) groups is 1. The van der Waals surface area contributed by atoms with Gasteiger partial charge in [-0.2, -0.15) is 0 Å². The Labute approximate surface area is 162 Å². The second-order valence-corrected chi connectivity index (χ2v) is 7.48. The summed E-state index contributed by atoms with van der Waals surface area (Å²) >= 11 is 1.40. The summed E-state index contributed by atoms with van der Waals surface area (Å²) in [5, 5.41) is 12.4. The molecule has 138 valence electrons. The lowest BCUT2D eigenvalue weighted by Crippen LogP contribution is -2.27. The number of aryl methyl sites for hydroxylation is 1. The third-order valence-electron chi connectivity index (χ3n) is 4.43. The summed E-state index contributed by atoms with van der Waals surface area (Å²) in [5.74, 6) is 1.09. The van der Waals surface area contributed by atoms with E-state index in [1.807, 2.05) is 16.7 Å². The minimum Gasteiger partial charge on any atom is -0.353 e. The van der Waals surface area contributed by atoms with Gasteiger partial charge in [0, 0.05) is 29.7 Å². The van der Waals surface area contributed by atoms with Gasteiger partial charge in [-0.1, -0.05) is 30.8 Å². The van der Waals surface area contributed by atoms with Crippen molar-refractivity contribution in [2.75, 3.05) is 5.75 Å². The average molecular weight is 379 g/mol. The maximum atomic E-state index is 12.1. The number of carbonyl (C=O) groups excluding carboxylic acids is 1. The molecule has 7 heteroatoms. The average Bonchev–Trinajstić information content (AvgIpc) is 3.42. The first kappa shape index (κ1) is 17.7. The molecule has 0 saturated heterocycles. The second-order valence-electron chi connectivity index (χ2n) is 6.53. The molecule has 0 radical (unpaired) electrons. The molecule has 1 aliphatic carbocycles. The summed E-state index contributed by atoms with van der Waals surface area (Å²) < 4.78 is 1.99. The maximum absolute atomic E-state index is 12.1. The monoisotopic (exact) mass is 379 g/mol. The minimum absolute atomic E-state index is 0.0429. The van der Waals surface area contributed by atoms with E-state index < -0.39 is 0 Å². The number of pyridine rings is 1. The molecule has 1 amide bonds. The summed E-state index contributed by atoms with van der Waals surface area (Å²) in [6, 6.07) is 12.6. The molecular weight excluding hydrogens is 358 g/mol. The van der Waals surface area contributed by atoms with E-state index in [0.29, 0.717) is 17.0 Å². The van der Waals surface area contributed by atoms with Crippen molar-refractivity contribution in [1.82, 2.24) is 25.1 Å². The minimum atomic E-state index is 0.0429. The second kappa shape index (κ2) is 7.92. The van der Waals surface area contributed by atoms with Crippen molar-refractivity contribution >= 4 is 17.7 Å². The zero-order chi connectivity index (χ0) is 18.6. The van der Waals surface area contributed by atoms with Gasteiger partial charge in [-0.15, -0.1) is 10.2 Å². The van der Waals surface area contributed by atoms with Crippen LogP contribution in [-0.4, -0.2) is 37.5 Å². The number of hydrogen-bond acceptors (Lipinski definition) is 5. The highest BCUT2D eigenvalue weighted by molar-refractivity contribution is 7.99. The van der Waals surface area contributed by atoms with Crippen LogP contribution in [0.5, 0.6) is 0 Å². The molecule has 1 N–H and O–H groups in total. The van der Waals surface area contributed by atoms with E-state index in [0.717, 1.165) is 36.3 Å². The van der Waals surface area contributed by atoms with E-state index in [4.69, 9.17) is 0 Å². The van der Waals surface area contributed by atoms with Gasteiger partial charge >= 0.3 is 0 Å². The Hall–Kier alpha value is -2.67. The first-order valence-electron chi connectivity index (χ1n) is 9.12. The number of nitrogens with zero attached hydrogens (tertiary/aromatic N) is 4. The van der Waals surface area contributed by atoms with Crippen LogP contribution in [0.3, 0.4) is 0 Å². The van der Waals surface area contributed by atoms with E-state index in [-0.39, 0.29) is 5.91 Å². The molecule has 1 fully saturated rings. The molecule has 27 heavy (non-hydrogen) atoms. The van der Waals surface area contributed by atoms with Gasteiger partial charge in [0.2, 0.25) is 5.91 Å². The fourth-order valence-corrected chi connectivity index (χ4v) is 3.55. The molecule has 0 spiro atoms. The van der Waals surface area contributed by atoms with Crippen molar-refractivity contribution in [2.24, 2.45) is 0 Å². The topological polar surface area (TPSA) is 72.7 Å². The summed E-state index contributed by atoms with van der Waals surface area (Å²) in [6.45, 7) is 2.13. The molecule has 0 unspecified atom stereocenters. The normalized spacial score (nSPS) is 13.5. The van der Waals surface area contributed by atoms with Crippen molar-refractivity contribution < 1.29 is 4.79 Å². The zero-order valence-electron chi connectivity index (χ0n) is 15.1. The highest BCUT2D eigenvalue weighted by Crippen LogP contribution is 2.28.